The molecule has 3 aromatic rings. The van der Waals surface area contributed by atoms with Gasteiger partial charge in [0.05, 0.1) is 12.5 Å². The van der Waals surface area contributed by atoms with Gasteiger partial charge in [0.2, 0.25) is 5.91 Å². The van der Waals surface area contributed by atoms with Gasteiger partial charge in [-0.25, -0.2) is 4.79 Å². The Bertz CT molecular complexity index is 1200. The van der Waals surface area contributed by atoms with Crippen LogP contribution in [0.3, 0.4) is 0 Å². The van der Waals surface area contributed by atoms with E-state index in [-0.39, 0.29) is 12.5 Å². The van der Waals surface area contributed by atoms with Crippen LogP contribution in [-0.4, -0.2) is 67.8 Å². The highest BCUT2D eigenvalue weighted by molar-refractivity contribution is 5.89. The first-order valence-electron chi connectivity index (χ1n) is 11.4. The number of likely N-dealkylation sites (tertiary alicyclic amines) is 1. The summed E-state index contributed by atoms with van der Waals surface area (Å²) < 4.78 is 5.51. The van der Waals surface area contributed by atoms with Gasteiger partial charge in [-0.1, -0.05) is 53.7 Å². The fraction of sp³-hybridized carbons (Fsp3) is 0.333. The second-order valence-corrected chi connectivity index (χ2v) is 8.58. The minimum atomic E-state index is -1.28. The summed E-state index contributed by atoms with van der Waals surface area (Å²) in [6, 6.07) is 14.2. The molecule has 2 unspecified atom stereocenters. The molecule has 1 fully saturated rings. The van der Waals surface area contributed by atoms with Crippen molar-refractivity contribution >= 4 is 18.0 Å². The molecule has 2 heterocycles. The SMILES string of the molecule is O=C(O)CC(NC(=O)OCC1c2ccccc2-c2ccccc21)C(=O)N1CCCC1c1nn[nH]n1. The maximum absolute atomic E-state index is 13.2. The van der Waals surface area contributed by atoms with Gasteiger partial charge in [-0.3, -0.25) is 9.59 Å². The number of hydrogen-bond acceptors (Lipinski definition) is 7. The number of carboxylic acids is 1. The van der Waals surface area contributed by atoms with Crippen molar-refractivity contribution in [2.24, 2.45) is 0 Å². The Hall–Kier alpha value is -4.28. The molecule has 2 atom stereocenters. The Morgan fingerprint density at radius 2 is 1.80 bits per heavy atom. The van der Waals surface area contributed by atoms with Crippen molar-refractivity contribution in [1.29, 1.82) is 0 Å². The molecule has 11 heteroatoms. The topological polar surface area (TPSA) is 150 Å². The fourth-order valence-electron chi connectivity index (χ4n) is 4.97. The van der Waals surface area contributed by atoms with E-state index in [1.165, 1.54) is 4.90 Å². The molecule has 1 aliphatic heterocycles. The molecule has 1 aliphatic carbocycles. The number of carbonyl (C=O) groups excluding carboxylic acids is 2. The number of benzene rings is 2. The molecular weight excluding hydrogens is 452 g/mol. The van der Waals surface area contributed by atoms with E-state index < -0.39 is 36.5 Å². The summed E-state index contributed by atoms with van der Waals surface area (Å²) >= 11 is 0. The molecule has 35 heavy (non-hydrogen) atoms. The number of nitrogens with zero attached hydrogens (tertiary/aromatic N) is 4. The summed E-state index contributed by atoms with van der Waals surface area (Å²) in [6.07, 6.45) is -0.0914. The summed E-state index contributed by atoms with van der Waals surface area (Å²) in [4.78, 5) is 38.9. The van der Waals surface area contributed by atoms with Crippen molar-refractivity contribution in [3.8, 4) is 11.1 Å². The first-order valence-corrected chi connectivity index (χ1v) is 11.4. The number of alkyl carbamates (subject to hydrolysis) is 1. The number of tetrazole rings is 1. The number of ether oxygens (including phenoxy) is 1. The molecule has 5 rings (SSSR count). The van der Waals surface area contributed by atoms with Crippen LogP contribution in [0.5, 0.6) is 0 Å². The summed E-state index contributed by atoms with van der Waals surface area (Å²) in [5.74, 6) is -1.53. The molecule has 0 bridgehead atoms. The lowest BCUT2D eigenvalue weighted by atomic mass is 9.98. The summed E-state index contributed by atoms with van der Waals surface area (Å²) in [7, 11) is 0. The van der Waals surface area contributed by atoms with Crippen LogP contribution in [0.2, 0.25) is 0 Å². The highest BCUT2D eigenvalue weighted by Gasteiger charge is 2.38. The van der Waals surface area contributed by atoms with E-state index in [9.17, 15) is 19.5 Å². The van der Waals surface area contributed by atoms with Gasteiger partial charge in [-0.2, -0.15) is 5.21 Å². The standard InChI is InChI=1S/C24H24N6O5/c31-21(32)12-19(23(33)30-11-5-10-20(30)22-26-28-29-27-22)25-24(34)35-13-18-16-8-3-1-6-14(16)15-7-2-4-9-17(15)18/h1-4,6-9,18-20H,5,10-13H2,(H,25,34)(H,31,32)(H,26,27,28,29). The number of rotatable bonds is 7. The van der Waals surface area contributed by atoms with E-state index in [0.29, 0.717) is 25.2 Å². The highest BCUT2D eigenvalue weighted by atomic mass is 16.5. The van der Waals surface area contributed by atoms with E-state index in [2.05, 4.69) is 25.9 Å². The Labute approximate surface area is 200 Å². The molecule has 3 N–H and O–H groups in total. The summed E-state index contributed by atoms with van der Waals surface area (Å²) in [5.41, 5.74) is 4.30. The van der Waals surface area contributed by atoms with Gasteiger partial charge in [0, 0.05) is 12.5 Å². The quantitative estimate of drug-likeness (QED) is 0.470. The van der Waals surface area contributed by atoms with Crippen molar-refractivity contribution < 1.29 is 24.2 Å². The van der Waals surface area contributed by atoms with Gasteiger partial charge in [-0.15, -0.1) is 10.2 Å². The molecule has 0 spiro atoms. The number of aromatic nitrogens is 4. The average Bonchev–Trinajstić information content (AvgIpc) is 3.61. The molecule has 0 saturated carbocycles. The van der Waals surface area contributed by atoms with Gasteiger partial charge in [0.25, 0.3) is 0 Å². The second-order valence-electron chi connectivity index (χ2n) is 8.58. The lowest BCUT2D eigenvalue weighted by Gasteiger charge is -2.27. The lowest BCUT2D eigenvalue weighted by molar-refractivity contribution is -0.143. The van der Waals surface area contributed by atoms with Crippen LogP contribution in [0, 0.1) is 0 Å². The van der Waals surface area contributed by atoms with E-state index in [0.717, 1.165) is 22.3 Å². The normalized spacial score (nSPS) is 17.5. The zero-order valence-corrected chi connectivity index (χ0v) is 18.8. The number of fused-ring (bicyclic) bond motifs is 3. The van der Waals surface area contributed by atoms with Crippen molar-refractivity contribution in [2.75, 3.05) is 13.2 Å². The molecule has 180 valence electrons. The van der Waals surface area contributed by atoms with Crippen LogP contribution in [0.4, 0.5) is 4.79 Å². The van der Waals surface area contributed by atoms with Crippen LogP contribution in [0.1, 0.15) is 48.2 Å². The number of aromatic amines is 1. The van der Waals surface area contributed by atoms with E-state index >= 15 is 0 Å². The van der Waals surface area contributed by atoms with Gasteiger partial charge >= 0.3 is 12.1 Å². The van der Waals surface area contributed by atoms with Crippen LogP contribution in [0.25, 0.3) is 11.1 Å². The molecule has 1 saturated heterocycles. The molecule has 2 amide bonds. The van der Waals surface area contributed by atoms with Crippen molar-refractivity contribution in [3.05, 3.63) is 65.5 Å². The number of carbonyl (C=O) groups is 3. The Kier molecular flexibility index (Phi) is 6.13. The second kappa shape index (κ2) is 9.53. The number of amides is 2. The van der Waals surface area contributed by atoms with Crippen LogP contribution >= 0.6 is 0 Å². The molecule has 2 aromatic carbocycles. The largest absolute Gasteiger partial charge is 0.481 e. The zero-order valence-electron chi connectivity index (χ0n) is 18.8. The van der Waals surface area contributed by atoms with E-state index in [1.54, 1.807) is 0 Å². The van der Waals surface area contributed by atoms with Gasteiger partial charge in [-0.05, 0) is 35.1 Å². The molecule has 0 radical (unpaired) electrons. The molecule has 2 aliphatic rings. The van der Waals surface area contributed by atoms with Crippen molar-refractivity contribution in [1.82, 2.24) is 30.8 Å². The van der Waals surface area contributed by atoms with Gasteiger partial charge in [0.15, 0.2) is 5.82 Å². The van der Waals surface area contributed by atoms with Gasteiger partial charge < -0.3 is 20.1 Å². The first kappa shape index (κ1) is 22.5. The number of H-pyrrole nitrogens is 1. The maximum atomic E-state index is 13.2. The monoisotopic (exact) mass is 476 g/mol. The number of carboxylic acid groups (broad SMARTS) is 1. The minimum Gasteiger partial charge on any atom is -0.481 e. The van der Waals surface area contributed by atoms with Crippen LogP contribution in [-0.2, 0) is 14.3 Å². The number of aliphatic carboxylic acids is 1. The number of hydrogen-bond donors (Lipinski definition) is 3. The minimum absolute atomic E-state index is 0.0586. The summed E-state index contributed by atoms with van der Waals surface area (Å²) in [6.45, 7) is 0.462. The first-order chi connectivity index (χ1) is 17.0. The average molecular weight is 476 g/mol. The zero-order chi connectivity index (χ0) is 24.4. The predicted molar refractivity (Wildman–Crippen MR) is 122 cm³/mol. The molecular formula is C24H24N6O5. The molecule has 11 nitrogen and oxygen atoms in total. The molecule has 1 aromatic heterocycles. The Morgan fingerprint density at radius 3 is 2.43 bits per heavy atom. The van der Waals surface area contributed by atoms with Crippen molar-refractivity contribution in [3.63, 3.8) is 0 Å². The smallest absolute Gasteiger partial charge is 0.407 e. The lowest BCUT2D eigenvalue weighted by Crippen LogP contribution is -2.49. The predicted octanol–water partition coefficient (Wildman–Crippen LogP) is 2.25. The van der Waals surface area contributed by atoms with Crippen molar-refractivity contribution in [2.45, 2.75) is 37.3 Å². The fourth-order valence-corrected chi connectivity index (χ4v) is 4.97. The third-order valence-corrected chi connectivity index (χ3v) is 6.51. The highest BCUT2D eigenvalue weighted by Crippen LogP contribution is 2.44. The summed E-state index contributed by atoms with van der Waals surface area (Å²) in [5, 5.41) is 25.6. The Morgan fingerprint density at radius 1 is 1.11 bits per heavy atom. The maximum Gasteiger partial charge on any atom is 0.407 e. The van der Waals surface area contributed by atoms with E-state index in [4.69, 9.17) is 4.74 Å². The Balaban J connectivity index is 1.28. The van der Waals surface area contributed by atoms with Crippen LogP contribution in [0.15, 0.2) is 48.5 Å². The third-order valence-electron chi connectivity index (χ3n) is 6.51. The number of nitrogens with one attached hydrogen (secondary N) is 2. The van der Waals surface area contributed by atoms with Crippen LogP contribution < -0.4 is 5.32 Å². The van der Waals surface area contributed by atoms with Gasteiger partial charge in [0.1, 0.15) is 12.6 Å². The third kappa shape index (κ3) is 4.44. The van der Waals surface area contributed by atoms with E-state index in [1.807, 2.05) is 48.5 Å².